The normalized spacial score (nSPS) is 13.8. The molecule has 0 heterocycles. The smallest absolute Gasteiger partial charge is 0.408 e. The van der Waals surface area contributed by atoms with E-state index in [4.69, 9.17) is 4.74 Å². The summed E-state index contributed by atoms with van der Waals surface area (Å²) in [5.74, 6) is -0.0803. The van der Waals surface area contributed by atoms with Gasteiger partial charge in [-0.05, 0) is 112 Å². The van der Waals surface area contributed by atoms with Crippen molar-refractivity contribution in [2.75, 3.05) is 5.32 Å². The molecule has 0 bridgehead atoms. The van der Waals surface area contributed by atoms with Crippen LogP contribution in [0.25, 0.3) is 10.8 Å². The molecule has 0 fully saturated rings. The second kappa shape index (κ2) is 15.4. The van der Waals surface area contributed by atoms with Crippen molar-refractivity contribution in [1.29, 1.82) is 0 Å². The number of ether oxygens (including phenoxy) is 1. The topological polar surface area (TPSA) is 87.7 Å². The first-order valence-corrected chi connectivity index (χ1v) is 16.2. The lowest BCUT2D eigenvalue weighted by atomic mass is 9.92. The summed E-state index contributed by atoms with van der Waals surface area (Å²) in [5.41, 5.74) is 2.68. The first-order chi connectivity index (χ1) is 21.1. The summed E-state index contributed by atoms with van der Waals surface area (Å²) in [6.07, 6.45) is 1.33. The number of carbonyl (C=O) groups is 3. The fourth-order valence-corrected chi connectivity index (χ4v) is 5.60. The van der Waals surface area contributed by atoms with E-state index in [2.05, 4.69) is 24.5 Å². The predicted octanol–water partition coefficient (Wildman–Crippen LogP) is 8.73. The van der Waals surface area contributed by atoms with Gasteiger partial charge in [0.25, 0.3) is 5.91 Å². The lowest BCUT2D eigenvalue weighted by Gasteiger charge is -2.39. The molecule has 3 aromatic rings. The number of aryl methyl sites for hydroxylation is 1. The van der Waals surface area contributed by atoms with Gasteiger partial charge in [-0.15, -0.1) is 0 Å². The summed E-state index contributed by atoms with van der Waals surface area (Å²) in [7, 11) is 0. The molecule has 0 aliphatic carbocycles. The van der Waals surface area contributed by atoms with Crippen LogP contribution in [0.2, 0.25) is 0 Å². The summed E-state index contributed by atoms with van der Waals surface area (Å²) < 4.78 is 5.56. The number of hydrogen-bond acceptors (Lipinski definition) is 4. The minimum Gasteiger partial charge on any atom is -0.444 e. The van der Waals surface area contributed by atoms with Crippen LogP contribution < -0.4 is 10.6 Å². The van der Waals surface area contributed by atoms with E-state index in [1.54, 1.807) is 25.7 Å². The van der Waals surface area contributed by atoms with Crippen molar-refractivity contribution in [3.05, 3.63) is 77.4 Å². The van der Waals surface area contributed by atoms with Gasteiger partial charge in [-0.1, -0.05) is 76.2 Å². The van der Waals surface area contributed by atoms with Crippen LogP contribution in [-0.2, 0) is 14.3 Å². The third-order valence-corrected chi connectivity index (χ3v) is 8.07. The van der Waals surface area contributed by atoms with Gasteiger partial charge in [0.1, 0.15) is 17.7 Å². The van der Waals surface area contributed by atoms with Crippen LogP contribution in [0.15, 0.2) is 60.7 Å². The molecule has 3 atom stereocenters. The Hall–Kier alpha value is -3.87. The van der Waals surface area contributed by atoms with Crippen molar-refractivity contribution in [2.45, 2.75) is 112 Å². The maximum absolute atomic E-state index is 14.8. The van der Waals surface area contributed by atoms with Gasteiger partial charge >= 0.3 is 6.09 Å². The van der Waals surface area contributed by atoms with Crippen LogP contribution in [0.5, 0.6) is 0 Å². The molecule has 0 radical (unpaired) electrons. The van der Waals surface area contributed by atoms with Gasteiger partial charge in [-0.25, -0.2) is 4.79 Å². The molecule has 3 amide bonds. The Kier molecular flexibility index (Phi) is 12.2. The molecule has 3 rings (SSSR count). The molecular formula is C38H53N3O4. The van der Waals surface area contributed by atoms with Gasteiger partial charge < -0.3 is 20.3 Å². The van der Waals surface area contributed by atoms with E-state index >= 15 is 0 Å². The Balaban J connectivity index is 2.14. The summed E-state index contributed by atoms with van der Waals surface area (Å²) in [5, 5.41) is 8.09. The molecule has 0 aromatic heterocycles. The number of amides is 3. The molecule has 244 valence electrons. The molecule has 0 saturated carbocycles. The van der Waals surface area contributed by atoms with E-state index in [1.165, 1.54) is 0 Å². The van der Waals surface area contributed by atoms with Crippen LogP contribution in [0, 0.1) is 25.7 Å². The molecule has 3 aromatic carbocycles. The van der Waals surface area contributed by atoms with E-state index in [-0.39, 0.29) is 23.8 Å². The Morgan fingerprint density at radius 3 is 2.11 bits per heavy atom. The highest BCUT2D eigenvalue weighted by atomic mass is 16.6. The van der Waals surface area contributed by atoms with Crippen LogP contribution in [-0.4, -0.2) is 40.5 Å². The number of anilines is 1. The second-order valence-electron chi connectivity index (χ2n) is 14.1. The number of rotatable bonds is 12. The largest absolute Gasteiger partial charge is 0.444 e. The number of fused-ring (bicyclic) bond motifs is 1. The SMILES string of the molecule is Cc1cccc(C(C(=O)Nc2ccc3ccccc3c2)N(C(=O)C(CC(C)C)NC(=O)OC(C)(C)C)C(C)CCC(C)C)c1C. The first kappa shape index (κ1) is 35.6. The van der Waals surface area contributed by atoms with E-state index < -0.39 is 23.8 Å². The molecule has 7 nitrogen and oxygen atoms in total. The quantitative estimate of drug-likeness (QED) is 0.213. The second-order valence-corrected chi connectivity index (χ2v) is 14.1. The zero-order valence-corrected chi connectivity index (χ0v) is 28.9. The summed E-state index contributed by atoms with van der Waals surface area (Å²) in [6, 6.07) is 17.6. The number of alkyl carbamates (subject to hydrolysis) is 1. The van der Waals surface area contributed by atoms with Gasteiger partial charge in [0.05, 0.1) is 0 Å². The summed E-state index contributed by atoms with van der Waals surface area (Å²) in [6.45, 7) is 19.7. The summed E-state index contributed by atoms with van der Waals surface area (Å²) in [4.78, 5) is 44.0. The molecule has 3 unspecified atom stereocenters. The molecule has 7 heteroatoms. The Labute approximate surface area is 270 Å². The van der Waals surface area contributed by atoms with Crippen molar-refractivity contribution in [3.8, 4) is 0 Å². The minimum absolute atomic E-state index is 0.104. The van der Waals surface area contributed by atoms with Crippen molar-refractivity contribution >= 4 is 34.4 Å². The number of carbonyl (C=O) groups excluding carboxylic acids is 3. The highest BCUT2D eigenvalue weighted by Crippen LogP contribution is 2.32. The van der Waals surface area contributed by atoms with Gasteiger partial charge in [0.15, 0.2) is 0 Å². The average molecular weight is 616 g/mol. The molecule has 0 aliphatic rings. The molecule has 2 N–H and O–H groups in total. The van der Waals surface area contributed by atoms with Crippen LogP contribution in [0.3, 0.4) is 0 Å². The maximum Gasteiger partial charge on any atom is 0.408 e. The number of nitrogens with zero attached hydrogens (tertiary/aromatic N) is 1. The van der Waals surface area contributed by atoms with E-state index in [0.29, 0.717) is 24.4 Å². The predicted molar refractivity (Wildman–Crippen MR) is 184 cm³/mol. The monoisotopic (exact) mass is 615 g/mol. The Morgan fingerprint density at radius 2 is 1.49 bits per heavy atom. The zero-order chi connectivity index (χ0) is 33.5. The van der Waals surface area contributed by atoms with Crippen LogP contribution >= 0.6 is 0 Å². The van der Waals surface area contributed by atoms with Crippen LogP contribution in [0.1, 0.15) is 97.4 Å². The zero-order valence-electron chi connectivity index (χ0n) is 28.9. The van der Waals surface area contributed by atoms with E-state index in [0.717, 1.165) is 33.9 Å². The fourth-order valence-electron chi connectivity index (χ4n) is 5.60. The van der Waals surface area contributed by atoms with Crippen molar-refractivity contribution in [1.82, 2.24) is 10.2 Å². The standard InChI is InChI=1S/C38H53N3O4/c1-24(2)18-19-27(6)41(36(43)33(22-25(3)4)40-37(44)45-38(8,9)10)34(32-17-13-14-26(5)28(32)7)35(42)39-31-21-20-29-15-11-12-16-30(29)23-31/h11-17,20-21,23-25,27,33-34H,18-19,22H2,1-10H3,(H,39,42)(H,40,44). The fraction of sp³-hybridized carbons (Fsp3) is 0.500. The molecule has 0 aliphatic heterocycles. The third kappa shape index (κ3) is 10.1. The van der Waals surface area contributed by atoms with Crippen molar-refractivity contribution in [2.24, 2.45) is 11.8 Å². The molecule has 0 spiro atoms. The van der Waals surface area contributed by atoms with Gasteiger partial charge in [-0.3, -0.25) is 9.59 Å². The lowest BCUT2D eigenvalue weighted by molar-refractivity contribution is -0.144. The Morgan fingerprint density at radius 1 is 0.822 bits per heavy atom. The number of hydrogen-bond donors (Lipinski definition) is 2. The number of benzene rings is 3. The van der Waals surface area contributed by atoms with E-state index in [1.807, 2.05) is 95.3 Å². The van der Waals surface area contributed by atoms with Crippen LogP contribution in [0.4, 0.5) is 10.5 Å². The molecular weight excluding hydrogens is 562 g/mol. The minimum atomic E-state index is -0.930. The van der Waals surface area contributed by atoms with Crippen molar-refractivity contribution in [3.63, 3.8) is 0 Å². The van der Waals surface area contributed by atoms with Gasteiger partial charge in [0, 0.05) is 11.7 Å². The maximum atomic E-state index is 14.8. The molecule has 45 heavy (non-hydrogen) atoms. The lowest BCUT2D eigenvalue weighted by Crippen LogP contribution is -2.55. The van der Waals surface area contributed by atoms with E-state index in [9.17, 15) is 14.4 Å². The number of nitrogens with one attached hydrogen (secondary N) is 2. The summed E-state index contributed by atoms with van der Waals surface area (Å²) >= 11 is 0. The third-order valence-electron chi connectivity index (χ3n) is 8.07. The van der Waals surface area contributed by atoms with Gasteiger partial charge in [-0.2, -0.15) is 0 Å². The first-order valence-electron chi connectivity index (χ1n) is 16.2. The van der Waals surface area contributed by atoms with Gasteiger partial charge in [0.2, 0.25) is 5.91 Å². The molecule has 0 saturated heterocycles. The highest BCUT2D eigenvalue weighted by Gasteiger charge is 2.40. The highest BCUT2D eigenvalue weighted by molar-refractivity contribution is 6.00. The average Bonchev–Trinajstić information content (AvgIpc) is 2.94. The Bertz CT molecular complexity index is 1470. The van der Waals surface area contributed by atoms with Crippen molar-refractivity contribution < 1.29 is 19.1 Å².